The molecule has 0 radical (unpaired) electrons. The fraction of sp³-hybridized carbons (Fsp3) is 1.00. The molecule has 1 fully saturated rings. The summed E-state index contributed by atoms with van der Waals surface area (Å²) in [5.74, 6) is -0.392. The van der Waals surface area contributed by atoms with Crippen molar-refractivity contribution >= 4 is 9.84 Å². The van der Waals surface area contributed by atoms with Gasteiger partial charge in [0.25, 0.3) is 0 Å². The van der Waals surface area contributed by atoms with Crippen LogP contribution in [0.15, 0.2) is 0 Å². The molecule has 2 N–H and O–H groups in total. The van der Waals surface area contributed by atoms with Crippen LogP contribution in [0.3, 0.4) is 0 Å². The van der Waals surface area contributed by atoms with Gasteiger partial charge in [-0.05, 0) is 31.1 Å². The largest absolute Gasteiger partial charge is 0.328 e. The maximum atomic E-state index is 14.8. The van der Waals surface area contributed by atoms with E-state index in [0.29, 0.717) is 12.8 Å². The molecule has 1 saturated carbocycles. The average Bonchev–Trinajstić information content (AvgIpc) is 2.26. The van der Waals surface area contributed by atoms with Crippen LogP contribution in [0.2, 0.25) is 0 Å². The third-order valence-corrected chi connectivity index (χ3v) is 5.82. The molecule has 1 rings (SSSR count). The molecule has 17 heavy (non-hydrogen) atoms. The number of halogens is 1. The maximum Gasteiger partial charge on any atom is 0.150 e. The third kappa shape index (κ3) is 3.19. The minimum Gasteiger partial charge on any atom is -0.328 e. The number of sulfone groups is 1. The highest BCUT2D eigenvalue weighted by molar-refractivity contribution is 7.91. The van der Waals surface area contributed by atoms with Gasteiger partial charge in [0.15, 0.2) is 0 Å². The van der Waals surface area contributed by atoms with Crippen molar-refractivity contribution in [2.75, 3.05) is 12.8 Å². The van der Waals surface area contributed by atoms with Gasteiger partial charge in [0.2, 0.25) is 0 Å². The second-order valence-corrected chi connectivity index (χ2v) is 7.93. The van der Waals surface area contributed by atoms with Crippen LogP contribution in [0.5, 0.6) is 0 Å². The number of hydrogen-bond donors (Lipinski definition) is 1. The normalized spacial score (nSPS) is 30.2. The lowest BCUT2D eigenvalue weighted by Crippen LogP contribution is -2.48. The molecule has 0 aromatic carbocycles. The van der Waals surface area contributed by atoms with E-state index >= 15 is 0 Å². The van der Waals surface area contributed by atoms with E-state index in [-0.39, 0.29) is 23.6 Å². The first kappa shape index (κ1) is 14.9. The predicted molar refractivity (Wildman–Crippen MR) is 68.3 cm³/mol. The van der Waals surface area contributed by atoms with E-state index in [1.54, 1.807) is 0 Å². The predicted octanol–water partition coefficient (Wildman–Crippen LogP) is 1.91. The Hall–Kier alpha value is -0.160. The van der Waals surface area contributed by atoms with E-state index in [1.165, 1.54) is 6.26 Å². The van der Waals surface area contributed by atoms with Gasteiger partial charge in [-0.3, -0.25) is 0 Å². The lowest BCUT2D eigenvalue weighted by Gasteiger charge is -2.40. The SMILES string of the molecule is CC(C)C(F)(CN)C1CCCC(S(C)(=O)=O)C1. The summed E-state index contributed by atoms with van der Waals surface area (Å²) < 4.78 is 37.9. The van der Waals surface area contributed by atoms with E-state index in [0.717, 1.165) is 12.8 Å². The van der Waals surface area contributed by atoms with Crippen molar-refractivity contribution in [2.45, 2.75) is 50.4 Å². The molecule has 0 amide bonds. The van der Waals surface area contributed by atoms with Gasteiger partial charge >= 0.3 is 0 Å². The average molecular weight is 265 g/mol. The van der Waals surface area contributed by atoms with Crippen LogP contribution in [0, 0.1) is 11.8 Å². The van der Waals surface area contributed by atoms with Crippen molar-refractivity contribution < 1.29 is 12.8 Å². The van der Waals surface area contributed by atoms with Crippen molar-refractivity contribution in [3.63, 3.8) is 0 Å². The van der Waals surface area contributed by atoms with Crippen LogP contribution in [-0.4, -0.2) is 32.1 Å². The third-order valence-electron chi connectivity index (χ3n) is 4.18. The molecule has 5 heteroatoms. The Bertz CT molecular complexity index is 356. The van der Waals surface area contributed by atoms with E-state index < -0.39 is 15.5 Å². The summed E-state index contributed by atoms with van der Waals surface area (Å²) in [4.78, 5) is 0. The zero-order valence-corrected chi connectivity index (χ0v) is 11.8. The summed E-state index contributed by atoms with van der Waals surface area (Å²) in [6.07, 6.45) is 3.86. The Kier molecular flexibility index (Phi) is 4.58. The summed E-state index contributed by atoms with van der Waals surface area (Å²) >= 11 is 0. The Morgan fingerprint density at radius 2 is 2.00 bits per heavy atom. The van der Waals surface area contributed by atoms with Gasteiger partial charge in [-0.1, -0.05) is 20.3 Å². The zero-order chi connectivity index (χ0) is 13.3. The molecule has 102 valence electrons. The fourth-order valence-electron chi connectivity index (χ4n) is 2.84. The molecule has 3 atom stereocenters. The van der Waals surface area contributed by atoms with Crippen LogP contribution in [0.4, 0.5) is 4.39 Å². The maximum absolute atomic E-state index is 14.8. The summed E-state index contributed by atoms with van der Waals surface area (Å²) in [5, 5.41) is -0.387. The van der Waals surface area contributed by atoms with Gasteiger partial charge in [-0.15, -0.1) is 0 Å². The van der Waals surface area contributed by atoms with Gasteiger partial charge in [-0.2, -0.15) is 0 Å². The van der Waals surface area contributed by atoms with Crippen LogP contribution in [0.25, 0.3) is 0 Å². The van der Waals surface area contributed by atoms with Crippen molar-refractivity contribution in [1.29, 1.82) is 0 Å². The Labute approximate surface area is 104 Å². The number of hydrogen-bond acceptors (Lipinski definition) is 3. The van der Waals surface area contributed by atoms with E-state index in [1.807, 2.05) is 13.8 Å². The molecule has 0 spiro atoms. The van der Waals surface area contributed by atoms with Crippen molar-refractivity contribution in [1.82, 2.24) is 0 Å². The zero-order valence-electron chi connectivity index (χ0n) is 10.9. The van der Waals surface area contributed by atoms with Crippen molar-refractivity contribution in [3.8, 4) is 0 Å². The second kappa shape index (κ2) is 5.22. The highest BCUT2D eigenvalue weighted by Gasteiger charge is 2.44. The first-order valence-electron chi connectivity index (χ1n) is 6.29. The first-order valence-corrected chi connectivity index (χ1v) is 8.25. The van der Waals surface area contributed by atoms with Crippen LogP contribution >= 0.6 is 0 Å². The molecule has 0 aliphatic heterocycles. The Balaban J connectivity index is 2.86. The molecular weight excluding hydrogens is 241 g/mol. The highest BCUT2D eigenvalue weighted by Crippen LogP contribution is 2.41. The molecule has 0 aromatic rings. The number of alkyl halides is 1. The molecule has 0 saturated heterocycles. The standard InChI is InChI=1S/C12H24FNO2S/c1-9(2)12(13,8-14)10-5-4-6-11(7-10)17(3,15)16/h9-11H,4-8,14H2,1-3H3. The topological polar surface area (TPSA) is 60.2 Å². The van der Waals surface area contributed by atoms with E-state index in [2.05, 4.69) is 0 Å². The van der Waals surface area contributed by atoms with Crippen LogP contribution in [-0.2, 0) is 9.84 Å². The summed E-state index contributed by atoms with van der Waals surface area (Å²) in [7, 11) is -3.06. The molecule has 1 aliphatic rings. The first-order chi connectivity index (χ1) is 7.71. The molecule has 3 unspecified atom stereocenters. The molecule has 0 aromatic heterocycles. The van der Waals surface area contributed by atoms with Gasteiger partial charge in [0.1, 0.15) is 15.5 Å². The van der Waals surface area contributed by atoms with Gasteiger partial charge in [0.05, 0.1) is 5.25 Å². The van der Waals surface area contributed by atoms with Gasteiger partial charge in [-0.25, -0.2) is 12.8 Å². The highest BCUT2D eigenvalue weighted by atomic mass is 32.2. The van der Waals surface area contributed by atoms with Crippen LogP contribution < -0.4 is 5.73 Å². The molecular formula is C12H24FNO2S. The van der Waals surface area contributed by atoms with Crippen molar-refractivity contribution in [3.05, 3.63) is 0 Å². The monoisotopic (exact) mass is 265 g/mol. The molecule has 0 heterocycles. The Morgan fingerprint density at radius 1 is 1.41 bits per heavy atom. The quantitative estimate of drug-likeness (QED) is 0.844. The molecule has 0 bridgehead atoms. The second-order valence-electron chi connectivity index (χ2n) is 5.60. The van der Waals surface area contributed by atoms with Gasteiger partial charge < -0.3 is 5.73 Å². The fourth-order valence-corrected chi connectivity index (χ4v) is 4.02. The molecule has 1 aliphatic carbocycles. The summed E-state index contributed by atoms with van der Waals surface area (Å²) in [6, 6.07) is 0. The Morgan fingerprint density at radius 3 is 2.41 bits per heavy atom. The lowest BCUT2D eigenvalue weighted by atomic mass is 9.72. The number of rotatable bonds is 4. The minimum atomic E-state index is -3.06. The van der Waals surface area contributed by atoms with Crippen molar-refractivity contribution in [2.24, 2.45) is 17.6 Å². The summed E-state index contributed by atoms with van der Waals surface area (Å²) in [5.41, 5.74) is 4.14. The van der Waals surface area contributed by atoms with E-state index in [9.17, 15) is 12.8 Å². The lowest BCUT2D eigenvalue weighted by molar-refractivity contribution is 0.0202. The van der Waals surface area contributed by atoms with Crippen LogP contribution in [0.1, 0.15) is 39.5 Å². The number of nitrogens with two attached hydrogens (primary N) is 1. The van der Waals surface area contributed by atoms with E-state index in [4.69, 9.17) is 5.73 Å². The minimum absolute atomic E-state index is 0.0220. The smallest absolute Gasteiger partial charge is 0.150 e. The van der Waals surface area contributed by atoms with Gasteiger partial charge in [0, 0.05) is 12.8 Å². The summed E-state index contributed by atoms with van der Waals surface area (Å²) in [6.45, 7) is 3.61. The molecule has 3 nitrogen and oxygen atoms in total.